The van der Waals surface area contributed by atoms with Crippen LogP contribution in [0.4, 0.5) is 10.8 Å². The van der Waals surface area contributed by atoms with Gasteiger partial charge in [0.25, 0.3) is 0 Å². The number of hydrogen-bond acceptors (Lipinski definition) is 6. The molecule has 1 amide bonds. The number of benzene rings is 1. The largest absolute Gasteiger partial charge is 0.396 e. The Morgan fingerprint density at radius 1 is 1.34 bits per heavy atom. The van der Waals surface area contributed by atoms with Crippen LogP contribution < -0.4 is 11.1 Å². The Balaban J connectivity index is 1.70. The number of para-hydroxylation sites is 1. The van der Waals surface area contributed by atoms with Gasteiger partial charge in [-0.1, -0.05) is 32.0 Å². The van der Waals surface area contributed by atoms with Crippen molar-refractivity contribution in [3.05, 3.63) is 40.9 Å². The number of anilines is 2. The molecule has 1 saturated carbocycles. The van der Waals surface area contributed by atoms with Gasteiger partial charge in [-0.3, -0.25) is 4.79 Å². The van der Waals surface area contributed by atoms with Gasteiger partial charge >= 0.3 is 0 Å². The van der Waals surface area contributed by atoms with Crippen LogP contribution in [0.2, 0.25) is 0 Å². The van der Waals surface area contributed by atoms with E-state index < -0.39 is 11.5 Å². The summed E-state index contributed by atoms with van der Waals surface area (Å²) in [4.78, 5) is 18.6. The number of nitrogen functional groups attached to an aromatic ring is 1. The van der Waals surface area contributed by atoms with Gasteiger partial charge in [0.15, 0.2) is 5.13 Å². The van der Waals surface area contributed by atoms with Gasteiger partial charge in [0.2, 0.25) is 5.91 Å². The maximum absolute atomic E-state index is 12.9. The Morgan fingerprint density at radius 3 is 2.76 bits per heavy atom. The lowest BCUT2D eigenvalue weighted by molar-refractivity contribution is -0.143. The highest BCUT2D eigenvalue weighted by molar-refractivity contribution is 7.15. The number of carbonyl (C=O) groups is 1. The minimum atomic E-state index is -0.613. The molecule has 0 radical (unpaired) electrons. The van der Waals surface area contributed by atoms with E-state index in [9.17, 15) is 15.0 Å². The first-order valence-electron chi connectivity index (χ1n) is 10.2. The summed E-state index contributed by atoms with van der Waals surface area (Å²) in [6, 6.07) is 9.44. The Bertz CT molecular complexity index is 902. The molecule has 1 heterocycles. The van der Waals surface area contributed by atoms with Crippen molar-refractivity contribution in [3.8, 4) is 0 Å². The molecule has 0 bridgehead atoms. The molecule has 2 aliphatic carbocycles. The van der Waals surface area contributed by atoms with Crippen molar-refractivity contribution in [1.82, 2.24) is 4.98 Å². The molecule has 0 saturated heterocycles. The summed E-state index contributed by atoms with van der Waals surface area (Å²) in [6.45, 7) is 4.08. The molecule has 5 N–H and O–H groups in total. The summed E-state index contributed by atoms with van der Waals surface area (Å²) < 4.78 is 0. The molecular formula is C22H29N3O3S. The van der Waals surface area contributed by atoms with Crippen molar-refractivity contribution in [1.29, 1.82) is 0 Å². The maximum atomic E-state index is 12.9. The van der Waals surface area contributed by atoms with Gasteiger partial charge in [0.05, 0.1) is 18.4 Å². The predicted octanol–water partition coefficient (Wildman–Crippen LogP) is 3.17. The highest BCUT2D eigenvalue weighted by Crippen LogP contribution is 2.62. The van der Waals surface area contributed by atoms with E-state index >= 15 is 0 Å². The molecule has 2 aromatic rings. The van der Waals surface area contributed by atoms with Crippen LogP contribution in [0, 0.1) is 16.7 Å². The fourth-order valence-corrected chi connectivity index (χ4v) is 6.52. The van der Waals surface area contributed by atoms with Gasteiger partial charge in [0.1, 0.15) is 0 Å². The second-order valence-corrected chi connectivity index (χ2v) is 10.1. The van der Waals surface area contributed by atoms with Crippen molar-refractivity contribution < 1.29 is 15.0 Å². The first-order chi connectivity index (χ1) is 13.8. The molecule has 7 heteroatoms. The highest BCUT2D eigenvalue weighted by atomic mass is 32.1. The Morgan fingerprint density at radius 2 is 2.07 bits per heavy atom. The number of aliphatic hydroxyl groups is 2. The molecule has 29 heavy (non-hydrogen) atoms. The first kappa shape index (κ1) is 20.3. The summed E-state index contributed by atoms with van der Waals surface area (Å²) >= 11 is 1.46. The molecule has 6 nitrogen and oxygen atoms in total. The van der Waals surface area contributed by atoms with Crippen LogP contribution in [0.1, 0.15) is 49.6 Å². The average molecular weight is 416 g/mol. The number of carbonyl (C=O) groups excluding carboxylic acids is 1. The van der Waals surface area contributed by atoms with Crippen LogP contribution in [0.15, 0.2) is 30.3 Å². The van der Waals surface area contributed by atoms with E-state index in [1.807, 2.05) is 37.3 Å². The van der Waals surface area contributed by atoms with Crippen molar-refractivity contribution in [2.45, 2.75) is 51.6 Å². The van der Waals surface area contributed by atoms with Crippen LogP contribution in [0.5, 0.6) is 0 Å². The third-order valence-corrected chi connectivity index (χ3v) is 8.28. The second-order valence-electron chi connectivity index (χ2n) is 9.01. The van der Waals surface area contributed by atoms with Gasteiger partial charge in [-0.25, -0.2) is 4.98 Å². The van der Waals surface area contributed by atoms with Crippen molar-refractivity contribution >= 4 is 28.1 Å². The molecule has 0 unspecified atom stereocenters. The Hall–Kier alpha value is -1.96. The predicted molar refractivity (Wildman–Crippen MR) is 115 cm³/mol. The average Bonchev–Trinajstić information content (AvgIpc) is 3.07. The van der Waals surface area contributed by atoms with E-state index in [0.29, 0.717) is 18.0 Å². The zero-order chi connectivity index (χ0) is 20.8. The quantitative estimate of drug-likeness (QED) is 0.613. The number of thiazole rings is 1. The number of aromatic nitrogens is 1. The highest BCUT2D eigenvalue weighted by Gasteiger charge is 2.59. The molecule has 1 fully saturated rings. The lowest BCUT2D eigenvalue weighted by Crippen LogP contribution is -2.57. The SMILES string of the molecule is C[C@]1(CO)[C@H]2Cc3sc(N)nc3[C@@H](CC(=O)Nc3ccccc3)[C@]2(C)CC[C@H]1O. The fraction of sp³-hybridized carbons (Fsp3) is 0.545. The molecule has 156 valence electrons. The third-order valence-electron chi connectivity index (χ3n) is 7.36. The maximum Gasteiger partial charge on any atom is 0.225 e. The van der Waals surface area contributed by atoms with Crippen molar-refractivity contribution in [2.75, 3.05) is 17.7 Å². The van der Waals surface area contributed by atoms with Gasteiger partial charge < -0.3 is 21.3 Å². The molecular weight excluding hydrogens is 386 g/mol. The van der Waals surface area contributed by atoms with E-state index in [4.69, 9.17) is 5.73 Å². The number of fused-ring (bicyclic) bond motifs is 2. The van der Waals surface area contributed by atoms with E-state index in [-0.39, 0.29) is 29.8 Å². The fourth-order valence-electron chi connectivity index (χ4n) is 5.58. The van der Waals surface area contributed by atoms with Crippen LogP contribution in [0.25, 0.3) is 0 Å². The molecule has 2 aliphatic rings. The lowest BCUT2D eigenvalue weighted by atomic mass is 9.47. The third kappa shape index (κ3) is 3.35. The number of nitrogens with one attached hydrogen (secondary N) is 1. The van der Waals surface area contributed by atoms with Crippen LogP contribution in [0.3, 0.4) is 0 Å². The number of hydrogen-bond donors (Lipinski definition) is 4. The number of aliphatic hydroxyl groups excluding tert-OH is 2. The Kier molecular flexibility index (Phi) is 5.17. The summed E-state index contributed by atoms with van der Waals surface area (Å²) in [5.74, 6) is -0.116. The van der Waals surface area contributed by atoms with E-state index in [1.165, 1.54) is 11.3 Å². The van der Waals surface area contributed by atoms with Crippen LogP contribution >= 0.6 is 11.3 Å². The minimum Gasteiger partial charge on any atom is -0.396 e. The second kappa shape index (κ2) is 7.38. The van der Waals surface area contributed by atoms with Gasteiger partial charge in [-0.05, 0) is 42.7 Å². The lowest BCUT2D eigenvalue weighted by Gasteiger charge is -2.58. The normalized spacial score (nSPS) is 33.6. The molecule has 1 aromatic heterocycles. The zero-order valence-electron chi connectivity index (χ0n) is 16.9. The van der Waals surface area contributed by atoms with Crippen molar-refractivity contribution in [3.63, 3.8) is 0 Å². The minimum absolute atomic E-state index is 0.0469. The smallest absolute Gasteiger partial charge is 0.225 e. The first-order valence-corrected chi connectivity index (χ1v) is 11.0. The number of nitrogens with zero attached hydrogens (tertiary/aromatic N) is 1. The summed E-state index contributed by atoms with van der Waals surface area (Å²) in [6.07, 6.45) is 1.86. The number of amides is 1. The van der Waals surface area contributed by atoms with Gasteiger partial charge in [-0.15, -0.1) is 11.3 Å². The zero-order valence-corrected chi connectivity index (χ0v) is 17.7. The van der Waals surface area contributed by atoms with E-state index in [1.54, 1.807) is 0 Å². The van der Waals surface area contributed by atoms with E-state index in [0.717, 1.165) is 29.1 Å². The molecule has 1 aromatic carbocycles. The molecule has 5 atom stereocenters. The molecule has 0 spiro atoms. The van der Waals surface area contributed by atoms with Crippen LogP contribution in [-0.2, 0) is 11.2 Å². The molecule has 0 aliphatic heterocycles. The molecule has 4 rings (SSSR count). The van der Waals surface area contributed by atoms with Gasteiger partial charge in [-0.2, -0.15) is 0 Å². The number of nitrogens with two attached hydrogens (primary N) is 1. The van der Waals surface area contributed by atoms with Crippen LogP contribution in [-0.4, -0.2) is 33.8 Å². The Labute approximate surface area is 175 Å². The van der Waals surface area contributed by atoms with E-state index in [2.05, 4.69) is 17.2 Å². The summed E-state index contributed by atoms with van der Waals surface area (Å²) in [5.41, 5.74) is 6.87. The summed E-state index contributed by atoms with van der Waals surface area (Å²) in [5, 5.41) is 24.4. The van der Waals surface area contributed by atoms with Crippen molar-refractivity contribution in [2.24, 2.45) is 16.7 Å². The monoisotopic (exact) mass is 415 g/mol. The topological polar surface area (TPSA) is 108 Å². The summed E-state index contributed by atoms with van der Waals surface area (Å²) in [7, 11) is 0. The van der Waals surface area contributed by atoms with Gasteiger partial charge in [0, 0.05) is 28.3 Å². The standard InChI is InChI=1S/C22H29N3O3S/c1-21-9-8-17(27)22(2,12-26)16(21)11-15-19(25-20(23)29-15)14(21)10-18(28)24-13-6-4-3-5-7-13/h3-7,14,16-17,26-27H,8-12H2,1-2H3,(H2,23,25)(H,24,28)/t14-,16+,17-,21+,22+/m1/s1. The number of rotatable bonds is 4.